The number of carbonyl (C=O) groups is 3. The van der Waals surface area contributed by atoms with Gasteiger partial charge in [-0.3, -0.25) is 9.59 Å². The number of ether oxygens (including phenoxy) is 1. The fourth-order valence-corrected chi connectivity index (χ4v) is 2.90. The molecule has 2 N–H and O–H groups in total. The second kappa shape index (κ2) is 9.77. The van der Waals surface area contributed by atoms with Crippen LogP contribution in [0.4, 0.5) is 5.69 Å². The molecule has 2 aromatic carbocycles. The van der Waals surface area contributed by atoms with Gasteiger partial charge in [0.15, 0.2) is 6.10 Å². The van der Waals surface area contributed by atoms with E-state index in [0.29, 0.717) is 11.3 Å². The molecule has 0 bridgehead atoms. The Hall–Kier alpha value is -3.15. The molecule has 0 saturated heterocycles. The Labute approximate surface area is 184 Å². The summed E-state index contributed by atoms with van der Waals surface area (Å²) in [4.78, 5) is 37.2. The van der Waals surface area contributed by atoms with E-state index in [1.165, 1.54) is 13.8 Å². The monoisotopic (exact) mass is 424 g/mol. The van der Waals surface area contributed by atoms with Gasteiger partial charge in [0.25, 0.3) is 11.8 Å². The van der Waals surface area contributed by atoms with Crippen LogP contribution in [0, 0.1) is 13.8 Å². The molecule has 6 nitrogen and oxygen atoms in total. The minimum Gasteiger partial charge on any atom is -0.451 e. The summed E-state index contributed by atoms with van der Waals surface area (Å²) in [6.07, 6.45) is -1.00. The summed E-state index contributed by atoms with van der Waals surface area (Å²) in [6, 6.07) is 12.1. The molecule has 0 aliphatic carbocycles. The zero-order valence-corrected chi connectivity index (χ0v) is 19.3. The van der Waals surface area contributed by atoms with Gasteiger partial charge in [-0.05, 0) is 68.0 Å². The van der Waals surface area contributed by atoms with Crippen molar-refractivity contribution in [3.05, 3.63) is 64.7 Å². The maximum Gasteiger partial charge on any atom is 0.329 e. The Morgan fingerprint density at radius 2 is 1.55 bits per heavy atom. The number of hydrogen-bond donors (Lipinski definition) is 2. The van der Waals surface area contributed by atoms with Gasteiger partial charge in [0.1, 0.15) is 6.04 Å². The van der Waals surface area contributed by atoms with Gasteiger partial charge in [-0.15, -0.1) is 0 Å². The third-order valence-electron chi connectivity index (χ3n) is 5.03. The average Bonchev–Trinajstić information content (AvgIpc) is 2.69. The molecular weight excluding hydrogens is 392 g/mol. The standard InChI is InChI=1S/C25H32N2O4/c1-15-8-9-16(2)21(14-15)27-22(28)18(4)31-24(30)17(3)26-23(29)19-10-12-20(13-11-19)25(5,6)7/h8-14,17-18H,1-7H3,(H,26,29)(H,27,28)/t17-,18+/m0/s1. The highest BCUT2D eigenvalue weighted by Crippen LogP contribution is 2.22. The molecule has 0 aliphatic rings. The van der Waals surface area contributed by atoms with Gasteiger partial charge in [-0.2, -0.15) is 0 Å². The summed E-state index contributed by atoms with van der Waals surface area (Å²) in [7, 11) is 0. The number of anilines is 1. The first kappa shape index (κ1) is 24.1. The molecule has 0 unspecified atom stereocenters. The fraction of sp³-hybridized carbons (Fsp3) is 0.400. The molecule has 0 aliphatic heterocycles. The van der Waals surface area contributed by atoms with Crippen LogP contribution in [0.15, 0.2) is 42.5 Å². The molecule has 2 amide bonds. The number of rotatable bonds is 6. The molecule has 0 spiro atoms. The van der Waals surface area contributed by atoms with E-state index in [1.54, 1.807) is 12.1 Å². The van der Waals surface area contributed by atoms with Crippen molar-refractivity contribution in [1.29, 1.82) is 0 Å². The lowest BCUT2D eigenvalue weighted by molar-refractivity contribution is -0.154. The normalized spacial score (nSPS) is 13.1. The molecule has 2 atom stereocenters. The summed E-state index contributed by atoms with van der Waals surface area (Å²) in [5.41, 5.74) is 4.15. The van der Waals surface area contributed by atoms with Crippen LogP contribution in [0.1, 0.15) is 61.7 Å². The van der Waals surface area contributed by atoms with Gasteiger partial charge in [0.2, 0.25) is 0 Å². The smallest absolute Gasteiger partial charge is 0.329 e. The van der Waals surface area contributed by atoms with Gasteiger partial charge < -0.3 is 15.4 Å². The number of amides is 2. The van der Waals surface area contributed by atoms with Crippen LogP contribution in [0.5, 0.6) is 0 Å². The number of aryl methyl sites for hydroxylation is 2. The Morgan fingerprint density at radius 3 is 2.13 bits per heavy atom. The van der Waals surface area contributed by atoms with Gasteiger partial charge >= 0.3 is 5.97 Å². The van der Waals surface area contributed by atoms with Gasteiger partial charge in [0, 0.05) is 11.3 Å². The minimum atomic E-state index is -1.00. The molecule has 31 heavy (non-hydrogen) atoms. The largest absolute Gasteiger partial charge is 0.451 e. The number of nitrogens with one attached hydrogen (secondary N) is 2. The van der Waals surface area contributed by atoms with E-state index in [-0.39, 0.29) is 11.3 Å². The molecule has 2 rings (SSSR count). The molecule has 0 radical (unpaired) electrons. The molecule has 6 heteroatoms. The van der Waals surface area contributed by atoms with Gasteiger partial charge in [0.05, 0.1) is 0 Å². The Morgan fingerprint density at radius 1 is 0.935 bits per heavy atom. The predicted molar refractivity (Wildman–Crippen MR) is 122 cm³/mol. The van der Waals surface area contributed by atoms with Crippen molar-refractivity contribution >= 4 is 23.5 Å². The lowest BCUT2D eigenvalue weighted by Gasteiger charge is -2.20. The van der Waals surface area contributed by atoms with Crippen molar-refractivity contribution in [2.75, 3.05) is 5.32 Å². The van der Waals surface area contributed by atoms with Crippen molar-refractivity contribution in [3.8, 4) is 0 Å². The number of hydrogen-bond acceptors (Lipinski definition) is 4. The van der Waals surface area contributed by atoms with Crippen LogP contribution in [-0.4, -0.2) is 29.9 Å². The molecule has 0 fully saturated rings. The maximum absolute atomic E-state index is 12.5. The molecule has 0 saturated carbocycles. The van der Waals surface area contributed by atoms with Crippen LogP contribution in [0.2, 0.25) is 0 Å². The topological polar surface area (TPSA) is 84.5 Å². The second-order valence-corrected chi connectivity index (χ2v) is 8.91. The van der Waals surface area contributed by atoms with Crippen LogP contribution in [0.25, 0.3) is 0 Å². The quantitative estimate of drug-likeness (QED) is 0.678. The van der Waals surface area contributed by atoms with Crippen LogP contribution in [-0.2, 0) is 19.7 Å². The van der Waals surface area contributed by atoms with Gasteiger partial charge in [-0.25, -0.2) is 4.79 Å². The van der Waals surface area contributed by atoms with Crippen molar-refractivity contribution in [2.24, 2.45) is 0 Å². The van der Waals surface area contributed by atoms with E-state index in [0.717, 1.165) is 16.7 Å². The van der Waals surface area contributed by atoms with Crippen molar-refractivity contribution in [3.63, 3.8) is 0 Å². The lowest BCUT2D eigenvalue weighted by atomic mass is 9.86. The Kier molecular flexibility index (Phi) is 7.60. The highest BCUT2D eigenvalue weighted by molar-refractivity contribution is 5.98. The van der Waals surface area contributed by atoms with E-state index in [9.17, 15) is 14.4 Å². The van der Waals surface area contributed by atoms with Crippen molar-refractivity contribution in [2.45, 2.75) is 66.0 Å². The molecular formula is C25H32N2O4. The summed E-state index contributed by atoms with van der Waals surface area (Å²) >= 11 is 0. The third kappa shape index (κ3) is 6.67. The van der Waals surface area contributed by atoms with Gasteiger partial charge in [-0.1, -0.05) is 45.0 Å². The van der Waals surface area contributed by atoms with Crippen LogP contribution < -0.4 is 10.6 Å². The number of esters is 1. The first-order valence-electron chi connectivity index (χ1n) is 10.4. The van der Waals surface area contributed by atoms with E-state index >= 15 is 0 Å². The van der Waals surface area contributed by atoms with E-state index in [4.69, 9.17) is 4.74 Å². The Balaban J connectivity index is 1.92. The van der Waals surface area contributed by atoms with Crippen molar-refractivity contribution < 1.29 is 19.1 Å². The third-order valence-corrected chi connectivity index (χ3v) is 5.03. The fourth-order valence-electron chi connectivity index (χ4n) is 2.90. The SMILES string of the molecule is Cc1ccc(C)c(NC(=O)[C@@H](C)OC(=O)[C@H](C)NC(=O)c2ccc(C(C)(C)C)cc2)c1. The van der Waals surface area contributed by atoms with E-state index in [1.807, 2.05) is 44.2 Å². The molecule has 0 aromatic heterocycles. The van der Waals surface area contributed by atoms with Crippen LogP contribution in [0.3, 0.4) is 0 Å². The summed E-state index contributed by atoms with van der Waals surface area (Å²) in [6.45, 7) is 13.1. The summed E-state index contributed by atoms with van der Waals surface area (Å²) in [5, 5.41) is 5.40. The molecule has 166 valence electrons. The summed E-state index contributed by atoms with van der Waals surface area (Å²) in [5.74, 6) is -1.49. The molecule has 2 aromatic rings. The zero-order valence-electron chi connectivity index (χ0n) is 19.3. The van der Waals surface area contributed by atoms with Crippen LogP contribution >= 0.6 is 0 Å². The summed E-state index contributed by atoms with van der Waals surface area (Å²) < 4.78 is 5.25. The zero-order chi connectivity index (χ0) is 23.3. The highest BCUT2D eigenvalue weighted by Gasteiger charge is 2.24. The first-order valence-corrected chi connectivity index (χ1v) is 10.4. The highest BCUT2D eigenvalue weighted by atomic mass is 16.5. The number of carbonyl (C=O) groups excluding carboxylic acids is 3. The number of benzene rings is 2. The van der Waals surface area contributed by atoms with E-state index in [2.05, 4.69) is 31.4 Å². The maximum atomic E-state index is 12.5. The average molecular weight is 425 g/mol. The first-order chi connectivity index (χ1) is 14.4. The molecule has 0 heterocycles. The van der Waals surface area contributed by atoms with E-state index < -0.39 is 24.0 Å². The minimum absolute atomic E-state index is 0.0141. The van der Waals surface area contributed by atoms with Crippen molar-refractivity contribution in [1.82, 2.24) is 5.32 Å². The second-order valence-electron chi connectivity index (χ2n) is 8.91. The lowest BCUT2D eigenvalue weighted by Crippen LogP contribution is -2.42. The predicted octanol–water partition coefficient (Wildman–Crippen LogP) is 4.29. The Bertz CT molecular complexity index is 958.